The maximum absolute atomic E-state index is 13.2. The minimum atomic E-state index is 0.112. The maximum Gasteiger partial charge on any atom is 0.227 e. The fourth-order valence-electron chi connectivity index (χ4n) is 3.49. The smallest absolute Gasteiger partial charge is 0.227 e. The predicted octanol–water partition coefficient (Wildman–Crippen LogP) is 4.27. The third-order valence-corrected chi connectivity index (χ3v) is 5.04. The lowest BCUT2D eigenvalue weighted by molar-refractivity contribution is -0.131. The number of carbonyl (C=O) groups excluding carboxylic acids is 1. The molecule has 0 saturated heterocycles. The largest absolute Gasteiger partial charge is 0.486 e. The van der Waals surface area contributed by atoms with Crippen LogP contribution in [0.2, 0.25) is 0 Å². The van der Waals surface area contributed by atoms with E-state index in [4.69, 9.17) is 9.47 Å². The lowest BCUT2D eigenvalue weighted by atomic mass is 10.1. The Balaban J connectivity index is 1.47. The Morgan fingerprint density at radius 3 is 2.14 bits per heavy atom. The van der Waals surface area contributed by atoms with Crippen molar-refractivity contribution in [2.75, 3.05) is 19.8 Å². The van der Waals surface area contributed by atoms with Gasteiger partial charge in [0.25, 0.3) is 0 Å². The van der Waals surface area contributed by atoms with Gasteiger partial charge < -0.3 is 14.4 Å². The van der Waals surface area contributed by atoms with Crippen LogP contribution in [0.15, 0.2) is 78.9 Å². The van der Waals surface area contributed by atoms with Crippen molar-refractivity contribution in [3.63, 3.8) is 0 Å². The number of fused-ring (bicyclic) bond motifs is 1. The minimum absolute atomic E-state index is 0.112. The second kappa shape index (κ2) is 9.28. The van der Waals surface area contributed by atoms with Gasteiger partial charge in [0.2, 0.25) is 5.91 Å². The van der Waals surface area contributed by atoms with Gasteiger partial charge in [-0.3, -0.25) is 4.79 Å². The van der Waals surface area contributed by atoms with Crippen LogP contribution in [-0.2, 0) is 24.2 Å². The zero-order chi connectivity index (χ0) is 19.9. The average molecular weight is 387 g/mol. The van der Waals surface area contributed by atoms with Crippen LogP contribution >= 0.6 is 0 Å². The summed E-state index contributed by atoms with van der Waals surface area (Å²) >= 11 is 0. The normalized spacial score (nSPS) is 12.4. The number of nitrogens with zero attached hydrogens (tertiary/aromatic N) is 1. The molecule has 0 bridgehead atoms. The lowest BCUT2D eigenvalue weighted by Crippen LogP contribution is -2.33. The van der Waals surface area contributed by atoms with Gasteiger partial charge in [-0.1, -0.05) is 66.7 Å². The summed E-state index contributed by atoms with van der Waals surface area (Å²) in [5, 5.41) is 0. The quantitative estimate of drug-likeness (QED) is 0.608. The molecule has 0 aliphatic carbocycles. The van der Waals surface area contributed by atoms with Crippen LogP contribution in [0.4, 0.5) is 0 Å². The van der Waals surface area contributed by atoms with Crippen molar-refractivity contribution in [1.82, 2.24) is 4.90 Å². The van der Waals surface area contributed by atoms with Crippen LogP contribution in [0.5, 0.6) is 11.5 Å². The van der Waals surface area contributed by atoms with E-state index in [1.54, 1.807) is 0 Å². The summed E-state index contributed by atoms with van der Waals surface area (Å²) in [7, 11) is 0. The second-order valence-electron chi connectivity index (χ2n) is 7.19. The molecule has 0 atom stereocenters. The Labute approximate surface area is 171 Å². The molecule has 0 saturated carbocycles. The molecule has 29 heavy (non-hydrogen) atoms. The van der Waals surface area contributed by atoms with E-state index in [1.807, 2.05) is 59.5 Å². The van der Waals surface area contributed by atoms with Gasteiger partial charge in [0.15, 0.2) is 11.5 Å². The molecule has 0 N–H and O–H groups in total. The van der Waals surface area contributed by atoms with Crippen molar-refractivity contribution in [2.24, 2.45) is 0 Å². The summed E-state index contributed by atoms with van der Waals surface area (Å²) in [6, 6.07) is 26.2. The Hall–Kier alpha value is -3.27. The van der Waals surface area contributed by atoms with Gasteiger partial charge in [0.1, 0.15) is 13.2 Å². The number of hydrogen-bond acceptors (Lipinski definition) is 3. The Bertz CT molecular complexity index is 941. The van der Waals surface area contributed by atoms with E-state index in [9.17, 15) is 4.79 Å². The third kappa shape index (κ3) is 5.17. The molecule has 4 nitrogen and oxygen atoms in total. The monoisotopic (exact) mass is 387 g/mol. The fourth-order valence-corrected chi connectivity index (χ4v) is 3.49. The Kier molecular flexibility index (Phi) is 6.10. The molecule has 0 aromatic heterocycles. The van der Waals surface area contributed by atoms with Crippen LogP contribution < -0.4 is 9.47 Å². The molecular weight excluding hydrogens is 362 g/mol. The highest BCUT2D eigenvalue weighted by molar-refractivity contribution is 5.79. The van der Waals surface area contributed by atoms with E-state index < -0.39 is 0 Å². The summed E-state index contributed by atoms with van der Waals surface area (Å²) in [4.78, 5) is 15.1. The van der Waals surface area contributed by atoms with Crippen molar-refractivity contribution in [3.05, 3.63) is 95.6 Å². The highest BCUT2D eigenvalue weighted by Crippen LogP contribution is 2.31. The molecule has 0 spiro atoms. The number of hydrogen-bond donors (Lipinski definition) is 0. The van der Waals surface area contributed by atoms with Gasteiger partial charge in [-0.05, 0) is 35.2 Å². The summed E-state index contributed by atoms with van der Waals surface area (Å²) in [6.45, 7) is 2.40. The van der Waals surface area contributed by atoms with E-state index >= 15 is 0 Å². The average Bonchev–Trinajstić information content (AvgIpc) is 2.78. The molecule has 148 valence electrons. The predicted molar refractivity (Wildman–Crippen MR) is 113 cm³/mol. The summed E-state index contributed by atoms with van der Waals surface area (Å²) in [5.41, 5.74) is 3.31. The lowest BCUT2D eigenvalue weighted by Gasteiger charge is -2.24. The first-order valence-electron chi connectivity index (χ1n) is 10.0. The molecule has 3 aromatic rings. The second-order valence-corrected chi connectivity index (χ2v) is 7.19. The van der Waals surface area contributed by atoms with Crippen LogP contribution in [-0.4, -0.2) is 30.6 Å². The number of benzene rings is 3. The zero-order valence-corrected chi connectivity index (χ0v) is 16.4. The first-order chi connectivity index (χ1) is 14.3. The number of ether oxygens (including phenoxy) is 2. The molecule has 1 aliphatic rings. The highest BCUT2D eigenvalue weighted by atomic mass is 16.6. The molecule has 0 radical (unpaired) electrons. The molecule has 4 rings (SSSR count). The molecule has 3 aromatic carbocycles. The summed E-state index contributed by atoms with van der Waals surface area (Å²) in [5.74, 6) is 1.58. The van der Waals surface area contributed by atoms with E-state index in [2.05, 4.69) is 24.3 Å². The van der Waals surface area contributed by atoms with E-state index in [-0.39, 0.29) is 5.91 Å². The fraction of sp³-hybridized carbons (Fsp3) is 0.240. The van der Waals surface area contributed by atoms with E-state index in [0.717, 1.165) is 29.0 Å². The van der Waals surface area contributed by atoms with Gasteiger partial charge in [0.05, 0.1) is 6.42 Å². The number of carbonyl (C=O) groups is 1. The van der Waals surface area contributed by atoms with Crippen molar-refractivity contribution < 1.29 is 14.3 Å². The molecule has 1 aliphatic heterocycles. The van der Waals surface area contributed by atoms with Crippen molar-refractivity contribution in [1.29, 1.82) is 0 Å². The van der Waals surface area contributed by atoms with Gasteiger partial charge in [-0.25, -0.2) is 0 Å². The van der Waals surface area contributed by atoms with Crippen molar-refractivity contribution >= 4 is 5.91 Å². The Morgan fingerprint density at radius 1 is 0.759 bits per heavy atom. The van der Waals surface area contributed by atoms with Crippen LogP contribution in [0.3, 0.4) is 0 Å². The molecule has 1 heterocycles. The molecule has 4 heteroatoms. The third-order valence-electron chi connectivity index (χ3n) is 5.04. The van der Waals surface area contributed by atoms with Gasteiger partial charge in [0, 0.05) is 13.1 Å². The molecule has 1 amide bonds. The molecule has 0 unspecified atom stereocenters. The highest BCUT2D eigenvalue weighted by Gasteiger charge is 2.17. The first kappa shape index (κ1) is 19.1. The summed E-state index contributed by atoms with van der Waals surface area (Å²) < 4.78 is 11.2. The Morgan fingerprint density at radius 2 is 1.41 bits per heavy atom. The molecule has 0 fully saturated rings. The minimum Gasteiger partial charge on any atom is -0.486 e. The van der Waals surface area contributed by atoms with Crippen molar-refractivity contribution in [3.8, 4) is 11.5 Å². The topological polar surface area (TPSA) is 38.8 Å². The van der Waals surface area contributed by atoms with Crippen LogP contribution in [0.25, 0.3) is 0 Å². The standard InChI is InChI=1S/C25H25NO3/c27-25(18-22-11-12-23-24(17-22)29-16-15-28-23)26(19-21-9-5-2-6-10-21)14-13-20-7-3-1-4-8-20/h1-12,17H,13-16,18-19H2. The molecular formula is C25H25NO3. The van der Waals surface area contributed by atoms with Gasteiger partial charge in [-0.2, -0.15) is 0 Å². The van der Waals surface area contributed by atoms with Crippen LogP contribution in [0.1, 0.15) is 16.7 Å². The number of rotatable bonds is 7. The van der Waals surface area contributed by atoms with Gasteiger partial charge >= 0.3 is 0 Å². The maximum atomic E-state index is 13.2. The van der Waals surface area contributed by atoms with Crippen molar-refractivity contribution in [2.45, 2.75) is 19.4 Å². The summed E-state index contributed by atoms with van der Waals surface area (Å²) in [6.07, 6.45) is 1.18. The number of amides is 1. The first-order valence-corrected chi connectivity index (χ1v) is 10.0. The zero-order valence-electron chi connectivity index (χ0n) is 16.4. The van der Waals surface area contributed by atoms with Gasteiger partial charge in [-0.15, -0.1) is 0 Å². The van der Waals surface area contributed by atoms with Crippen LogP contribution in [0, 0.1) is 0 Å². The van der Waals surface area contributed by atoms with E-state index in [0.29, 0.717) is 32.7 Å². The SMILES string of the molecule is O=C(Cc1ccc2c(c1)OCCO2)N(CCc1ccccc1)Cc1ccccc1. The van der Waals surface area contributed by atoms with E-state index in [1.165, 1.54) is 5.56 Å².